The zero-order chi connectivity index (χ0) is 18.5. The van der Waals surface area contributed by atoms with Crippen LogP contribution in [0.2, 0.25) is 0 Å². The number of rotatable bonds is 4. The van der Waals surface area contributed by atoms with Gasteiger partial charge in [-0.2, -0.15) is 0 Å². The summed E-state index contributed by atoms with van der Waals surface area (Å²) in [5, 5.41) is 20.7. The smallest absolute Gasteiger partial charge is 0.350 e. The number of nitro groups is 1. The van der Waals surface area contributed by atoms with Crippen LogP contribution in [0.4, 0.5) is 5.69 Å². The SMILES string of the molecule is COc1nn(Cc2nc3c4c5c(sc4ncn3n2)CCCC5)cc1[N+](=O)[O-]. The third-order valence-electron chi connectivity index (χ3n) is 4.74. The largest absolute Gasteiger partial charge is 0.475 e. The molecule has 1 aliphatic carbocycles. The van der Waals surface area contributed by atoms with E-state index in [1.54, 1.807) is 22.2 Å². The number of aromatic nitrogens is 6. The highest BCUT2D eigenvalue weighted by atomic mass is 32.1. The third-order valence-corrected chi connectivity index (χ3v) is 5.94. The molecule has 0 bridgehead atoms. The normalized spacial score (nSPS) is 14.0. The van der Waals surface area contributed by atoms with E-state index >= 15 is 0 Å². The first-order valence-corrected chi connectivity index (χ1v) is 9.36. The second-order valence-electron chi connectivity index (χ2n) is 6.41. The Bertz CT molecular complexity index is 1190. The molecule has 0 radical (unpaired) electrons. The summed E-state index contributed by atoms with van der Waals surface area (Å²) < 4.78 is 8.06. The lowest BCUT2D eigenvalue weighted by molar-refractivity contribution is -0.385. The van der Waals surface area contributed by atoms with Crippen LogP contribution >= 0.6 is 11.3 Å². The van der Waals surface area contributed by atoms with Crippen LogP contribution in [0.3, 0.4) is 0 Å². The average molecular weight is 385 g/mol. The monoisotopic (exact) mass is 385 g/mol. The van der Waals surface area contributed by atoms with Crippen molar-refractivity contribution in [3.8, 4) is 5.88 Å². The van der Waals surface area contributed by atoms with Crippen LogP contribution in [0.15, 0.2) is 12.5 Å². The molecule has 11 heteroatoms. The summed E-state index contributed by atoms with van der Waals surface area (Å²) in [6, 6.07) is 0. The number of hydrogen-bond donors (Lipinski definition) is 0. The van der Waals surface area contributed by atoms with Crippen LogP contribution < -0.4 is 4.74 Å². The molecule has 0 saturated heterocycles. The minimum Gasteiger partial charge on any atom is -0.475 e. The minimum atomic E-state index is -0.523. The van der Waals surface area contributed by atoms with Gasteiger partial charge in [-0.15, -0.1) is 21.5 Å². The van der Waals surface area contributed by atoms with E-state index in [0.717, 1.165) is 28.7 Å². The molecular weight excluding hydrogens is 370 g/mol. The van der Waals surface area contributed by atoms with Gasteiger partial charge < -0.3 is 4.74 Å². The van der Waals surface area contributed by atoms with Gasteiger partial charge in [-0.3, -0.25) is 14.8 Å². The van der Waals surface area contributed by atoms with Crippen molar-refractivity contribution in [2.75, 3.05) is 7.11 Å². The Hall–Kier alpha value is -3.08. The lowest BCUT2D eigenvalue weighted by Crippen LogP contribution is -2.02. The predicted molar refractivity (Wildman–Crippen MR) is 97.3 cm³/mol. The number of ether oxygens (including phenoxy) is 1. The van der Waals surface area contributed by atoms with Crippen LogP contribution in [-0.4, -0.2) is 41.4 Å². The van der Waals surface area contributed by atoms with Crippen LogP contribution in [0.1, 0.15) is 29.1 Å². The molecular formula is C16H15N7O3S. The van der Waals surface area contributed by atoms with Crippen LogP contribution in [-0.2, 0) is 19.4 Å². The molecule has 0 fully saturated rings. The molecule has 0 spiro atoms. The fraction of sp³-hybridized carbons (Fsp3) is 0.375. The van der Waals surface area contributed by atoms with Gasteiger partial charge in [0, 0.05) is 4.88 Å². The highest BCUT2D eigenvalue weighted by Gasteiger charge is 2.23. The van der Waals surface area contributed by atoms with Gasteiger partial charge in [0.2, 0.25) is 0 Å². The molecule has 0 aliphatic heterocycles. The summed E-state index contributed by atoms with van der Waals surface area (Å²) in [4.78, 5) is 22.1. The molecule has 0 amide bonds. The van der Waals surface area contributed by atoms with E-state index < -0.39 is 4.92 Å². The fourth-order valence-electron chi connectivity index (χ4n) is 3.56. The van der Waals surface area contributed by atoms with E-state index in [2.05, 4.69) is 20.2 Å². The maximum Gasteiger partial charge on any atom is 0.350 e. The van der Waals surface area contributed by atoms with E-state index in [1.165, 1.54) is 41.3 Å². The summed E-state index contributed by atoms with van der Waals surface area (Å²) in [5.74, 6) is 0.486. The Kier molecular flexibility index (Phi) is 3.57. The molecule has 0 unspecified atom stereocenters. The van der Waals surface area contributed by atoms with Crippen molar-refractivity contribution in [3.05, 3.63) is 38.9 Å². The van der Waals surface area contributed by atoms with Gasteiger partial charge in [-0.1, -0.05) is 0 Å². The van der Waals surface area contributed by atoms with E-state index in [1.807, 2.05) is 0 Å². The average Bonchev–Trinajstić information content (AvgIpc) is 3.34. The highest BCUT2D eigenvalue weighted by molar-refractivity contribution is 7.19. The Morgan fingerprint density at radius 1 is 1.33 bits per heavy atom. The van der Waals surface area contributed by atoms with E-state index in [0.29, 0.717) is 5.82 Å². The van der Waals surface area contributed by atoms with Gasteiger partial charge in [0.05, 0.1) is 17.4 Å². The Morgan fingerprint density at radius 2 is 2.19 bits per heavy atom. The van der Waals surface area contributed by atoms with Gasteiger partial charge in [-0.25, -0.2) is 14.5 Å². The Balaban J connectivity index is 1.58. The van der Waals surface area contributed by atoms with Crippen LogP contribution in [0.25, 0.3) is 15.9 Å². The quantitative estimate of drug-likeness (QED) is 0.391. The summed E-state index contributed by atoms with van der Waals surface area (Å²) in [6.45, 7) is 0.208. The Labute approximate surface area is 156 Å². The lowest BCUT2D eigenvalue weighted by Gasteiger charge is -2.09. The number of hydrogen-bond acceptors (Lipinski definition) is 8. The van der Waals surface area contributed by atoms with Crippen LogP contribution in [0, 0.1) is 10.1 Å². The van der Waals surface area contributed by atoms with Crippen LogP contribution in [0.5, 0.6) is 5.88 Å². The minimum absolute atomic E-state index is 0.0280. The summed E-state index contributed by atoms with van der Waals surface area (Å²) in [5.41, 5.74) is 1.94. The molecule has 0 saturated carbocycles. The van der Waals surface area contributed by atoms with Gasteiger partial charge in [0.25, 0.3) is 0 Å². The van der Waals surface area contributed by atoms with E-state index in [-0.39, 0.29) is 18.1 Å². The van der Waals surface area contributed by atoms with Crippen molar-refractivity contribution in [2.24, 2.45) is 0 Å². The van der Waals surface area contributed by atoms with E-state index in [4.69, 9.17) is 4.74 Å². The van der Waals surface area contributed by atoms with Crippen molar-refractivity contribution in [2.45, 2.75) is 32.2 Å². The Morgan fingerprint density at radius 3 is 2.96 bits per heavy atom. The van der Waals surface area contributed by atoms with Crippen molar-refractivity contribution in [1.29, 1.82) is 0 Å². The highest BCUT2D eigenvalue weighted by Crippen LogP contribution is 2.36. The summed E-state index contributed by atoms with van der Waals surface area (Å²) in [7, 11) is 1.35. The molecule has 10 nitrogen and oxygen atoms in total. The van der Waals surface area contributed by atoms with Gasteiger partial charge in [0.1, 0.15) is 23.9 Å². The molecule has 4 aromatic rings. The van der Waals surface area contributed by atoms with E-state index in [9.17, 15) is 10.1 Å². The molecule has 0 atom stereocenters. The number of methoxy groups -OCH3 is 1. The molecule has 0 N–H and O–H groups in total. The zero-order valence-electron chi connectivity index (χ0n) is 14.5. The number of aryl methyl sites for hydroxylation is 2. The third kappa shape index (κ3) is 2.53. The second-order valence-corrected chi connectivity index (χ2v) is 7.49. The number of thiophene rings is 1. The molecule has 27 heavy (non-hydrogen) atoms. The zero-order valence-corrected chi connectivity index (χ0v) is 15.3. The number of nitrogens with zero attached hydrogens (tertiary/aromatic N) is 7. The first-order chi connectivity index (χ1) is 13.1. The lowest BCUT2D eigenvalue weighted by atomic mass is 9.97. The van der Waals surface area contributed by atoms with Crippen molar-refractivity contribution >= 4 is 32.9 Å². The molecule has 4 aromatic heterocycles. The van der Waals surface area contributed by atoms with Gasteiger partial charge in [-0.05, 0) is 31.2 Å². The first-order valence-electron chi connectivity index (χ1n) is 8.54. The molecule has 5 rings (SSSR count). The number of fused-ring (bicyclic) bond motifs is 5. The molecule has 4 heterocycles. The maximum absolute atomic E-state index is 11.1. The summed E-state index contributed by atoms with van der Waals surface area (Å²) >= 11 is 1.74. The first kappa shape index (κ1) is 16.1. The van der Waals surface area contributed by atoms with Crippen molar-refractivity contribution < 1.29 is 9.66 Å². The summed E-state index contributed by atoms with van der Waals surface area (Å²) in [6.07, 6.45) is 7.53. The molecule has 1 aliphatic rings. The predicted octanol–water partition coefficient (Wildman–Crippen LogP) is 2.38. The topological polar surface area (TPSA) is 113 Å². The van der Waals surface area contributed by atoms with Gasteiger partial charge in [0.15, 0.2) is 11.5 Å². The standard InChI is InChI=1S/C16H15N7O3S/c1-26-15-10(23(24)25)6-21(20-15)7-12-18-14-13-9-4-2-3-5-11(9)27-16(13)17-8-22(14)19-12/h6,8H,2-5,7H2,1H3. The van der Waals surface area contributed by atoms with Crippen molar-refractivity contribution in [3.63, 3.8) is 0 Å². The second kappa shape index (κ2) is 5.98. The van der Waals surface area contributed by atoms with Crippen molar-refractivity contribution in [1.82, 2.24) is 29.4 Å². The fourth-order valence-corrected chi connectivity index (χ4v) is 4.78. The molecule has 138 valence electrons. The molecule has 0 aromatic carbocycles. The maximum atomic E-state index is 11.1. The van der Waals surface area contributed by atoms with Gasteiger partial charge >= 0.3 is 11.6 Å².